The molecule has 2 saturated carbocycles. The first-order valence-corrected chi connectivity index (χ1v) is 15.4. The van der Waals surface area contributed by atoms with Crippen LogP contribution in [0.3, 0.4) is 0 Å². The highest BCUT2D eigenvalue weighted by Crippen LogP contribution is 2.65. The van der Waals surface area contributed by atoms with Crippen LogP contribution in [-0.2, 0) is 19.1 Å². The minimum Gasteiger partial charge on any atom is -0.458 e. The van der Waals surface area contributed by atoms with Crippen molar-refractivity contribution in [1.82, 2.24) is 0 Å². The van der Waals surface area contributed by atoms with Crippen molar-refractivity contribution in [3.8, 4) is 0 Å². The van der Waals surface area contributed by atoms with E-state index in [4.69, 9.17) is 4.74 Å². The molecular formula is C37H40O5. The van der Waals surface area contributed by atoms with Crippen LogP contribution in [0.5, 0.6) is 0 Å². The standard InChI is InChI=1S/C37H40O5/c1-22(25-11-8-12-26(19-25)34(40)24-9-6-5-7-10-24)35(41)42-27-15-17-37(4)31-16-18-36(3)29(23(2)38)13-14-30(36)28(31)21-33(39)32(37)20-27/h5-13,19-20,22,27-28,30-31H,14-18,21H2,1-4H3/t22-,27+,28+,30+,31+,36-,37-/m1/s1. The Morgan fingerprint density at radius 2 is 1.62 bits per heavy atom. The van der Waals surface area contributed by atoms with Gasteiger partial charge in [0.2, 0.25) is 0 Å². The Labute approximate surface area is 248 Å². The van der Waals surface area contributed by atoms with Gasteiger partial charge in [-0.1, -0.05) is 68.5 Å². The van der Waals surface area contributed by atoms with Gasteiger partial charge in [0.1, 0.15) is 6.10 Å². The van der Waals surface area contributed by atoms with E-state index in [1.165, 1.54) is 0 Å². The summed E-state index contributed by atoms with van der Waals surface area (Å²) in [7, 11) is 0. The predicted molar refractivity (Wildman–Crippen MR) is 161 cm³/mol. The molecule has 0 aromatic heterocycles. The summed E-state index contributed by atoms with van der Waals surface area (Å²) in [6, 6.07) is 16.3. The van der Waals surface area contributed by atoms with Crippen LogP contribution in [0.15, 0.2) is 77.9 Å². The highest BCUT2D eigenvalue weighted by Gasteiger charge is 2.59. The van der Waals surface area contributed by atoms with Gasteiger partial charge in [-0.05, 0) is 97.8 Å². The summed E-state index contributed by atoms with van der Waals surface area (Å²) < 4.78 is 6.00. The maximum absolute atomic E-state index is 13.7. The molecule has 6 rings (SSSR count). The first-order valence-electron chi connectivity index (χ1n) is 15.4. The molecule has 7 atom stereocenters. The fourth-order valence-electron chi connectivity index (χ4n) is 8.82. The van der Waals surface area contributed by atoms with Crippen molar-refractivity contribution in [3.05, 3.63) is 94.6 Å². The second-order valence-corrected chi connectivity index (χ2v) is 13.4. The van der Waals surface area contributed by atoms with E-state index >= 15 is 0 Å². The molecule has 0 radical (unpaired) electrons. The van der Waals surface area contributed by atoms with Crippen LogP contribution in [0, 0.1) is 28.6 Å². The number of rotatable bonds is 6. The van der Waals surface area contributed by atoms with Crippen LogP contribution < -0.4 is 0 Å². The lowest BCUT2D eigenvalue weighted by atomic mass is 9.46. The highest BCUT2D eigenvalue weighted by molar-refractivity contribution is 6.09. The molecule has 0 N–H and O–H groups in total. The van der Waals surface area contributed by atoms with Crippen molar-refractivity contribution in [1.29, 1.82) is 0 Å². The second-order valence-electron chi connectivity index (χ2n) is 13.4. The van der Waals surface area contributed by atoms with Gasteiger partial charge in [-0.2, -0.15) is 0 Å². The number of esters is 1. The van der Waals surface area contributed by atoms with Crippen LogP contribution >= 0.6 is 0 Å². The quantitative estimate of drug-likeness (QED) is 0.274. The molecule has 218 valence electrons. The first-order chi connectivity index (χ1) is 20.0. The minimum absolute atomic E-state index is 0.0858. The average Bonchev–Trinajstić information content (AvgIpc) is 3.35. The largest absolute Gasteiger partial charge is 0.458 e. The number of Topliss-reactive ketones (excluding diaryl/α,β-unsaturated/α-hetero) is 2. The molecular weight excluding hydrogens is 524 g/mol. The van der Waals surface area contributed by atoms with Crippen LogP contribution in [0.2, 0.25) is 0 Å². The van der Waals surface area contributed by atoms with E-state index in [0.29, 0.717) is 35.8 Å². The summed E-state index contributed by atoms with van der Waals surface area (Å²) >= 11 is 0. The molecule has 42 heavy (non-hydrogen) atoms. The third-order valence-electron chi connectivity index (χ3n) is 11.2. The fourth-order valence-corrected chi connectivity index (χ4v) is 8.82. The van der Waals surface area contributed by atoms with E-state index in [1.54, 1.807) is 44.2 Å². The summed E-state index contributed by atoms with van der Waals surface area (Å²) in [4.78, 5) is 52.3. The molecule has 4 aliphatic rings. The molecule has 0 bridgehead atoms. The SMILES string of the molecule is CC(=O)C1=CC[C@H]2[C@@H]3CC(=O)C4=C[C@@H](OC(=O)[C@H](C)c5cccc(C(=O)c6ccccc6)c5)CC[C@]4(C)[C@H]3CC[C@]12C. The second kappa shape index (κ2) is 10.6. The molecule has 0 unspecified atom stereocenters. The van der Waals surface area contributed by atoms with Crippen molar-refractivity contribution in [2.45, 2.75) is 78.2 Å². The summed E-state index contributed by atoms with van der Waals surface area (Å²) in [5.41, 5.74) is 3.30. The Hall–Kier alpha value is -3.60. The molecule has 0 heterocycles. The van der Waals surface area contributed by atoms with Crippen molar-refractivity contribution < 1.29 is 23.9 Å². The Morgan fingerprint density at radius 3 is 2.36 bits per heavy atom. The Balaban J connectivity index is 1.17. The zero-order chi connectivity index (χ0) is 29.8. The number of ketones is 3. The van der Waals surface area contributed by atoms with Crippen molar-refractivity contribution in [3.63, 3.8) is 0 Å². The van der Waals surface area contributed by atoms with E-state index in [-0.39, 0.29) is 40.1 Å². The van der Waals surface area contributed by atoms with Crippen LogP contribution in [0.25, 0.3) is 0 Å². The van der Waals surface area contributed by atoms with Gasteiger partial charge in [-0.3, -0.25) is 19.2 Å². The number of allylic oxidation sites excluding steroid dienone is 3. The molecule has 4 aliphatic carbocycles. The summed E-state index contributed by atoms with van der Waals surface area (Å²) in [6.45, 7) is 7.94. The molecule has 0 spiro atoms. The molecule has 5 heteroatoms. The molecule has 2 aromatic rings. The summed E-state index contributed by atoms with van der Waals surface area (Å²) in [5.74, 6) is 0.340. The first kappa shape index (κ1) is 28.5. The summed E-state index contributed by atoms with van der Waals surface area (Å²) in [6.07, 6.45) is 8.48. The molecule has 2 aromatic carbocycles. The number of ether oxygens (including phenoxy) is 1. The molecule has 0 saturated heterocycles. The van der Waals surface area contributed by atoms with Crippen LogP contribution in [-0.4, -0.2) is 29.4 Å². The van der Waals surface area contributed by atoms with Crippen LogP contribution in [0.4, 0.5) is 0 Å². The monoisotopic (exact) mass is 564 g/mol. The number of carbonyl (C=O) groups excluding carboxylic acids is 4. The lowest BCUT2D eigenvalue weighted by Gasteiger charge is -2.57. The van der Waals surface area contributed by atoms with Crippen LogP contribution in [0.1, 0.15) is 93.6 Å². The fraction of sp³-hybridized carbons (Fsp3) is 0.459. The van der Waals surface area contributed by atoms with Gasteiger partial charge >= 0.3 is 5.97 Å². The van der Waals surface area contributed by atoms with Gasteiger partial charge in [0, 0.05) is 23.1 Å². The highest BCUT2D eigenvalue weighted by atomic mass is 16.5. The maximum atomic E-state index is 13.7. The smallest absolute Gasteiger partial charge is 0.313 e. The van der Waals surface area contributed by atoms with Crippen molar-refractivity contribution in [2.75, 3.05) is 0 Å². The van der Waals surface area contributed by atoms with E-state index in [0.717, 1.165) is 42.4 Å². The van der Waals surface area contributed by atoms with Crippen molar-refractivity contribution in [2.24, 2.45) is 28.6 Å². The number of fused-ring (bicyclic) bond motifs is 5. The molecule has 2 fully saturated rings. The number of hydrogen-bond donors (Lipinski definition) is 0. The topological polar surface area (TPSA) is 77.5 Å². The van der Waals surface area contributed by atoms with E-state index in [1.807, 2.05) is 30.3 Å². The predicted octanol–water partition coefficient (Wildman–Crippen LogP) is 7.20. The van der Waals surface area contributed by atoms with Gasteiger partial charge < -0.3 is 4.74 Å². The zero-order valence-electron chi connectivity index (χ0n) is 25.0. The zero-order valence-corrected chi connectivity index (χ0v) is 25.0. The molecule has 0 aliphatic heterocycles. The number of carbonyl (C=O) groups is 4. The lowest BCUT2D eigenvalue weighted by Crippen LogP contribution is -2.53. The van der Waals surface area contributed by atoms with Gasteiger partial charge in [0.15, 0.2) is 17.3 Å². The van der Waals surface area contributed by atoms with Gasteiger partial charge in [0.05, 0.1) is 5.92 Å². The third kappa shape index (κ3) is 4.62. The van der Waals surface area contributed by atoms with E-state index in [2.05, 4.69) is 19.9 Å². The van der Waals surface area contributed by atoms with Gasteiger partial charge in [-0.15, -0.1) is 0 Å². The normalized spacial score (nSPS) is 32.4. The third-order valence-corrected chi connectivity index (χ3v) is 11.2. The van der Waals surface area contributed by atoms with Gasteiger partial charge in [-0.25, -0.2) is 0 Å². The van der Waals surface area contributed by atoms with Crippen molar-refractivity contribution >= 4 is 23.3 Å². The number of hydrogen-bond acceptors (Lipinski definition) is 5. The molecule has 5 nitrogen and oxygen atoms in total. The van der Waals surface area contributed by atoms with E-state index < -0.39 is 12.0 Å². The maximum Gasteiger partial charge on any atom is 0.313 e. The number of benzene rings is 2. The Bertz CT molecular complexity index is 1520. The van der Waals surface area contributed by atoms with Gasteiger partial charge in [0.25, 0.3) is 0 Å². The Morgan fingerprint density at radius 1 is 0.905 bits per heavy atom. The minimum atomic E-state index is -0.548. The lowest BCUT2D eigenvalue weighted by molar-refractivity contribution is -0.150. The molecule has 0 amide bonds. The van der Waals surface area contributed by atoms with E-state index in [9.17, 15) is 19.2 Å². The Kier molecular flexibility index (Phi) is 7.19. The average molecular weight is 565 g/mol. The summed E-state index contributed by atoms with van der Waals surface area (Å²) in [5, 5.41) is 0.